The van der Waals surface area contributed by atoms with E-state index in [9.17, 15) is 25.0 Å². The van der Waals surface area contributed by atoms with Crippen LogP contribution >= 0.6 is 0 Å². The monoisotopic (exact) mass is 453 g/mol. The van der Waals surface area contributed by atoms with Gasteiger partial charge in [-0.15, -0.1) is 0 Å². The summed E-state index contributed by atoms with van der Waals surface area (Å²) < 4.78 is 0. The molecule has 0 spiro atoms. The maximum absolute atomic E-state index is 13.6. The van der Waals surface area contributed by atoms with Crippen LogP contribution in [-0.2, 0) is 28.2 Å². The minimum Gasteiger partial charge on any atom is -0.508 e. The van der Waals surface area contributed by atoms with E-state index in [1.54, 1.807) is 29.7 Å². The van der Waals surface area contributed by atoms with E-state index in [4.69, 9.17) is 0 Å². The van der Waals surface area contributed by atoms with Gasteiger partial charge in [-0.05, 0) is 42.9 Å². The normalized spacial score (nSPS) is 21.9. The molecule has 2 amide bonds. The number of benzene rings is 2. The number of phenolic OH excluding ortho intramolecular Hbond substituents is 1. The van der Waals surface area contributed by atoms with Gasteiger partial charge in [0.15, 0.2) is 5.72 Å². The molecule has 4 rings (SSSR count). The fraction of sp³-hybridized carbons (Fsp3) is 0.440. The molecule has 6 N–H and O–H groups in total. The van der Waals surface area contributed by atoms with E-state index in [0.717, 1.165) is 31.2 Å². The fourth-order valence-corrected chi connectivity index (χ4v) is 5.09. The molecule has 1 saturated carbocycles. The minimum atomic E-state index is -1.53. The third kappa shape index (κ3) is 5.03. The van der Waals surface area contributed by atoms with Gasteiger partial charge in [0.2, 0.25) is 11.8 Å². The molecular weight excluding hydrogens is 422 g/mol. The van der Waals surface area contributed by atoms with E-state index in [0.29, 0.717) is 24.0 Å². The molecule has 0 radical (unpaired) electrons. The van der Waals surface area contributed by atoms with Crippen molar-refractivity contribution in [2.75, 3.05) is 0 Å². The fourth-order valence-electron chi connectivity index (χ4n) is 5.09. The van der Waals surface area contributed by atoms with Crippen molar-refractivity contribution in [3.63, 3.8) is 0 Å². The van der Waals surface area contributed by atoms with Gasteiger partial charge in [-0.3, -0.25) is 14.8 Å². The number of hydrogen-bond donors (Lipinski definition) is 6. The Hall–Kier alpha value is -2.94. The van der Waals surface area contributed by atoms with E-state index in [1.807, 2.05) is 18.2 Å². The first-order valence-electron chi connectivity index (χ1n) is 11.5. The predicted molar refractivity (Wildman–Crippen MR) is 121 cm³/mol. The molecule has 2 aromatic rings. The van der Waals surface area contributed by atoms with E-state index in [2.05, 4.69) is 10.6 Å². The first kappa shape index (κ1) is 23.2. The summed E-state index contributed by atoms with van der Waals surface area (Å²) in [5, 5.41) is 37.1. The van der Waals surface area contributed by atoms with Crippen LogP contribution in [0.5, 0.6) is 5.75 Å². The van der Waals surface area contributed by atoms with E-state index in [-0.39, 0.29) is 18.2 Å². The lowest BCUT2D eigenvalue weighted by molar-refractivity contribution is -0.141. The number of nitrogens with one attached hydrogen (secondary N) is 3. The number of para-hydroxylation sites is 1. The van der Waals surface area contributed by atoms with Gasteiger partial charge >= 0.3 is 0 Å². The van der Waals surface area contributed by atoms with Gasteiger partial charge in [-0.25, -0.2) is 5.48 Å². The number of aryl methyl sites for hydroxylation is 1. The number of hydroxylamine groups is 1. The number of amides is 2. The molecule has 8 heteroatoms. The molecule has 2 aliphatic carbocycles. The van der Waals surface area contributed by atoms with Crippen LogP contribution in [0.25, 0.3) is 0 Å². The Morgan fingerprint density at radius 1 is 1.03 bits per heavy atom. The predicted octanol–water partition coefficient (Wildman–Crippen LogP) is 1.86. The molecule has 0 aromatic heterocycles. The van der Waals surface area contributed by atoms with Crippen molar-refractivity contribution in [1.82, 2.24) is 16.1 Å². The minimum absolute atomic E-state index is 0.0108. The molecule has 3 atom stereocenters. The van der Waals surface area contributed by atoms with Crippen molar-refractivity contribution >= 4 is 11.8 Å². The van der Waals surface area contributed by atoms with Gasteiger partial charge in [-0.1, -0.05) is 55.3 Å². The van der Waals surface area contributed by atoms with Gasteiger partial charge in [-0.2, -0.15) is 0 Å². The van der Waals surface area contributed by atoms with E-state index in [1.165, 1.54) is 6.07 Å². The summed E-state index contributed by atoms with van der Waals surface area (Å²) in [6, 6.07) is 13.1. The Morgan fingerprint density at radius 2 is 1.73 bits per heavy atom. The molecule has 0 saturated heterocycles. The van der Waals surface area contributed by atoms with Crippen molar-refractivity contribution in [1.29, 1.82) is 0 Å². The maximum Gasteiger partial charge on any atom is 0.248 e. The van der Waals surface area contributed by atoms with Crippen LogP contribution in [0.3, 0.4) is 0 Å². The zero-order chi connectivity index (χ0) is 23.4. The number of carbonyl (C=O) groups excluding carboxylic acids is 2. The lowest BCUT2D eigenvalue weighted by atomic mass is 9.89. The number of phenols is 1. The van der Waals surface area contributed by atoms with Crippen molar-refractivity contribution in [2.24, 2.45) is 5.92 Å². The highest BCUT2D eigenvalue weighted by atomic mass is 16.5. The highest BCUT2D eigenvalue weighted by Crippen LogP contribution is 2.35. The van der Waals surface area contributed by atoms with Crippen LogP contribution in [-0.4, -0.2) is 39.3 Å². The van der Waals surface area contributed by atoms with E-state index < -0.39 is 29.5 Å². The third-order valence-corrected chi connectivity index (χ3v) is 6.88. The van der Waals surface area contributed by atoms with E-state index >= 15 is 0 Å². The zero-order valence-corrected chi connectivity index (χ0v) is 18.5. The van der Waals surface area contributed by atoms with Crippen LogP contribution in [0.2, 0.25) is 0 Å². The Balaban J connectivity index is 1.63. The van der Waals surface area contributed by atoms with Crippen LogP contribution in [0.4, 0.5) is 0 Å². The smallest absolute Gasteiger partial charge is 0.248 e. The van der Waals surface area contributed by atoms with Crippen molar-refractivity contribution in [3.05, 3.63) is 65.2 Å². The quantitative estimate of drug-likeness (QED) is 0.206. The second-order valence-corrected chi connectivity index (χ2v) is 9.05. The molecule has 2 aromatic carbocycles. The molecule has 0 heterocycles. The standard InChI is InChI=1S/C25H31N3O5/c29-21-12-6-2-8-17(21)15-19(23(30)28-33)22(26-18-9-3-4-10-18)24(31)27-25(32)14-13-16-7-1-5-11-20(16)25/h1-2,5-8,11-12,18-19,22,26,29,32-33H,3-4,9-10,13-15H2,(H,27,31)(H,28,30)/t19-,22+,25-/m0/s1. The summed E-state index contributed by atoms with van der Waals surface area (Å²) in [7, 11) is 0. The molecule has 2 aliphatic rings. The average molecular weight is 454 g/mol. The number of hydrogen-bond acceptors (Lipinski definition) is 6. The molecule has 176 valence electrons. The molecule has 1 fully saturated rings. The van der Waals surface area contributed by atoms with Crippen molar-refractivity contribution in [2.45, 2.75) is 62.8 Å². The van der Waals surface area contributed by atoms with Crippen LogP contribution in [0, 0.1) is 5.92 Å². The maximum atomic E-state index is 13.6. The number of rotatable bonds is 8. The SMILES string of the molecule is O=C(NO)[C@@H](Cc1ccccc1O)[C@@H](NC1CCCC1)C(=O)N[C@]1(O)CCc2ccccc21. The summed E-state index contributed by atoms with van der Waals surface area (Å²) in [6.07, 6.45) is 4.81. The number of carbonyl (C=O) groups is 2. The highest BCUT2D eigenvalue weighted by Gasteiger charge is 2.42. The third-order valence-electron chi connectivity index (χ3n) is 6.88. The van der Waals surface area contributed by atoms with Gasteiger partial charge in [0.25, 0.3) is 0 Å². The second kappa shape index (κ2) is 9.91. The molecule has 0 aliphatic heterocycles. The van der Waals surface area contributed by atoms with Crippen molar-refractivity contribution < 1.29 is 25.0 Å². The molecule has 8 nitrogen and oxygen atoms in total. The van der Waals surface area contributed by atoms with Crippen LogP contribution < -0.4 is 16.1 Å². The van der Waals surface area contributed by atoms with Gasteiger partial charge < -0.3 is 20.8 Å². The van der Waals surface area contributed by atoms with Crippen LogP contribution in [0.1, 0.15) is 48.8 Å². The largest absolute Gasteiger partial charge is 0.508 e. The second-order valence-electron chi connectivity index (χ2n) is 9.05. The number of aromatic hydroxyl groups is 1. The number of aliphatic hydroxyl groups is 1. The first-order chi connectivity index (χ1) is 15.9. The molecule has 0 bridgehead atoms. The number of fused-ring (bicyclic) bond motifs is 1. The van der Waals surface area contributed by atoms with Crippen LogP contribution in [0.15, 0.2) is 48.5 Å². The Morgan fingerprint density at radius 3 is 2.45 bits per heavy atom. The summed E-state index contributed by atoms with van der Waals surface area (Å²) in [4.78, 5) is 26.3. The first-order valence-corrected chi connectivity index (χ1v) is 11.5. The molecular formula is C25H31N3O5. The molecule has 33 heavy (non-hydrogen) atoms. The van der Waals surface area contributed by atoms with Gasteiger partial charge in [0.05, 0.1) is 12.0 Å². The summed E-state index contributed by atoms with van der Waals surface area (Å²) in [6.45, 7) is 0. The lowest BCUT2D eigenvalue weighted by Gasteiger charge is -2.33. The molecule has 0 unspecified atom stereocenters. The summed E-state index contributed by atoms with van der Waals surface area (Å²) in [5.41, 5.74) is 2.27. The average Bonchev–Trinajstić information content (AvgIpc) is 3.45. The lowest BCUT2D eigenvalue weighted by Crippen LogP contribution is -2.59. The van der Waals surface area contributed by atoms with Gasteiger partial charge in [0.1, 0.15) is 5.75 Å². The van der Waals surface area contributed by atoms with Gasteiger partial charge in [0, 0.05) is 18.0 Å². The summed E-state index contributed by atoms with van der Waals surface area (Å²) >= 11 is 0. The Kier molecular flexibility index (Phi) is 6.97. The Labute approximate surface area is 193 Å². The topological polar surface area (TPSA) is 131 Å². The highest BCUT2D eigenvalue weighted by molar-refractivity contribution is 5.90. The zero-order valence-electron chi connectivity index (χ0n) is 18.5. The summed E-state index contributed by atoms with van der Waals surface area (Å²) in [5.74, 6) is -2.26. The van der Waals surface area contributed by atoms with Crippen molar-refractivity contribution in [3.8, 4) is 5.75 Å². The Bertz CT molecular complexity index is 1010.